The van der Waals surface area contributed by atoms with Crippen LogP contribution in [-0.4, -0.2) is 64.1 Å². The van der Waals surface area contributed by atoms with E-state index in [-0.39, 0.29) is 36.5 Å². The Kier molecular flexibility index (Phi) is 6.77. The van der Waals surface area contributed by atoms with Gasteiger partial charge >= 0.3 is 12.0 Å². The van der Waals surface area contributed by atoms with E-state index in [2.05, 4.69) is 10.6 Å². The monoisotopic (exact) mass is 357 g/mol. The molecule has 3 amide bonds. The molecule has 3 N–H and O–H groups in total. The van der Waals surface area contributed by atoms with Gasteiger partial charge in [0.15, 0.2) is 0 Å². The molecule has 0 bridgehead atoms. The van der Waals surface area contributed by atoms with Crippen molar-refractivity contribution in [2.45, 2.75) is 56.9 Å². The molecular weight excluding hydrogens is 330 g/mol. The van der Waals surface area contributed by atoms with Crippen molar-refractivity contribution < 1.29 is 19.5 Å². The average Bonchev–Trinajstić information content (AvgIpc) is 3.01. The van der Waals surface area contributed by atoms with Crippen molar-refractivity contribution >= 4 is 29.7 Å². The topological polar surface area (TPSA) is 98.7 Å². The van der Waals surface area contributed by atoms with Crippen LogP contribution in [0, 0.1) is 5.92 Å². The van der Waals surface area contributed by atoms with Crippen LogP contribution in [0.15, 0.2) is 0 Å². The number of carboxylic acids is 1. The second-order valence-electron chi connectivity index (χ2n) is 6.93. The van der Waals surface area contributed by atoms with Crippen molar-refractivity contribution in [2.75, 3.05) is 18.8 Å². The molecule has 2 aliphatic heterocycles. The fraction of sp³-hybridized carbons (Fsp3) is 0.812. The molecule has 0 unspecified atom stereocenters. The van der Waals surface area contributed by atoms with Crippen molar-refractivity contribution in [3.05, 3.63) is 0 Å². The molecule has 2 fully saturated rings. The van der Waals surface area contributed by atoms with E-state index in [0.29, 0.717) is 18.2 Å². The largest absolute Gasteiger partial charge is 0.480 e. The van der Waals surface area contributed by atoms with Gasteiger partial charge in [-0.3, -0.25) is 9.59 Å². The van der Waals surface area contributed by atoms with Gasteiger partial charge in [-0.15, -0.1) is 0 Å². The van der Waals surface area contributed by atoms with Gasteiger partial charge in [-0.25, -0.2) is 4.79 Å². The lowest BCUT2D eigenvalue weighted by Crippen LogP contribution is -2.38. The predicted molar refractivity (Wildman–Crippen MR) is 93.0 cm³/mol. The third-order valence-corrected chi connectivity index (χ3v) is 5.84. The Morgan fingerprint density at radius 1 is 1.33 bits per heavy atom. The number of nitrogens with zero attached hydrogens (tertiary/aromatic N) is 1. The number of hydrogen-bond acceptors (Lipinski definition) is 4. The van der Waals surface area contributed by atoms with Gasteiger partial charge in [0, 0.05) is 24.0 Å². The highest BCUT2D eigenvalue weighted by atomic mass is 32.2. The Morgan fingerprint density at radius 3 is 2.75 bits per heavy atom. The van der Waals surface area contributed by atoms with Crippen LogP contribution in [0.5, 0.6) is 0 Å². The van der Waals surface area contributed by atoms with E-state index in [1.807, 2.05) is 25.6 Å². The smallest absolute Gasteiger partial charge is 0.323 e. The van der Waals surface area contributed by atoms with Crippen molar-refractivity contribution in [1.29, 1.82) is 0 Å². The zero-order valence-electron chi connectivity index (χ0n) is 14.3. The number of carboxylic acid groups (broad SMARTS) is 1. The minimum Gasteiger partial charge on any atom is -0.480 e. The first-order chi connectivity index (χ1) is 11.4. The summed E-state index contributed by atoms with van der Waals surface area (Å²) in [4.78, 5) is 35.9. The van der Waals surface area contributed by atoms with Crippen molar-refractivity contribution in [3.63, 3.8) is 0 Å². The van der Waals surface area contributed by atoms with E-state index in [1.165, 1.54) is 4.90 Å². The van der Waals surface area contributed by atoms with Crippen molar-refractivity contribution in [3.8, 4) is 0 Å². The molecule has 0 saturated carbocycles. The van der Waals surface area contributed by atoms with E-state index in [9.17, 15) is 14.4 Å². The number of carbonyl (C=O) groups excluding carboxylic acids is 2. The molecule has 0 aromatic carbocycles. The van der Waals surface area contributed by atoms with Crippen LogP contribution in [0.4, 0.5) is 4.79 Å². The van der Waals surface area contributed by atoms with Crippen LogP contribution in [0.3, 0.4) is 0 Å². The number of aliphatic carboxylic acids is 1. The summed E-state index contributed by atoms with van der Waals surface area (Å²) in [5, 5.41) is 15.2. The number of hydrogen-bond donors (Lipinski definition) is 3. The van der Waals surface area contributed by atoms with Crippen LogP contribution in [0.2, 0.25) is 0 Å². The third-order valence-electron chi connectivity index (χ3n) is 4.33. The number of carbonyl (C=O) groups is 3. The van der Waals surface area contributed by atoms with E-state index in [4.69, 9.17) is 5.11 Å². The maximum Gasteiger partial charge on any atom is 0.323 e. The normalized spacial score (nSPS) is 25.3. The lowest BCUT2D eigenvalue weighted by molar-refractivity contribution is -0.144. The molecule has 136 valence electrons. The van der Waals surface area contributed by atoms with Crippen LogP contribution < -0.4 is 10.6 Å². The number of unbranched alkanes of at least 4 members (excludes halogenated alkanes) is 1. The highest BCUT2D eigenvalue weighted by molar-refractivity contribution is 8.00. The first-order valence-corrected chi connectivity index (χ1v) is 9.60. The fourth-order valence-electron chi connectivity index (χ4n) is 3.28. The molecular formula is C16H27N3O4S. The summed E-state index contributed by atoms with van der Waals surface area (Å²) < 4.78 is 0. The summed E-state index contributed by atoms with van der Waals surface area (Å²) in [5.74, 6) is 0.132. The average molecular weight is 357 g/mol. The Hall–Kier alpha value is -1.44. The minimum absolute atomic E-state index is 0.0801. The molecule has 7 nitrogen and oxygen atoms in total. The van der Waals surface area contributed by atoms with Crippen LogP contribution in [-0.2, 0) is 9.59 Å². The molecule has 24 heavy (non-hydrogen) atoms. The van der Waals surface area contributed by atoms with Gasteiger partial charge < -0.3 is 20.6 Å². The Balaban J connectivity index is 1.69. The van der Waals surface area contributed by atoms with E-state index in [0.717, 1.165) is 25.0 Å². The van der Waals surface area contributed by atoms with E-state index < -0.39 is 5.97 Å². The van der Waals surface area contributed by atoms with Gasteiger partial charge in [-0.2, -0.15) is 11.8 Å². The van der Waals surface area contributed by atoms with Crippen LogP contribution in [0.25, 0.3) is 0 Å². The molecule has 0 aromatic heterocycles. The van der Waals surface area contributed by atoms with Crippen LogP contribution >= 0.6 is 11.8 Å². The van der Waals surface area contributed by atoms with Crippen molar-refractivity contribution in [2.24, 2.45) is 5.92 Å². The molecule has 0 spiro atoms. The lowest BCUT2D eigenvalue weighted by atomic mass is 10.0. The molecule has 2 saturated heterocycles. The van der Waals surface area contributed by atoms with Gasteiger partial charge in [0.1, 0.15) is 6.54 Å². The summed E-state index contributed by atoms with van der Waals surface area (Å²) in [7, 11) is 0. The zero-order valence-corrected chi connectivity index (χ0v) is 15.1. The van der Waals surface area contributed by atoms with Crippen molar-refractivity contribution in [1.82, 2.24) is 15.5 Å². The van der Waals surface area contributed by atoms with Gasteiger partial charge in [0.05, 0.1) is 12.1 Å². The molecule has 2 rings (SSSR count). The first kappa shape index (κ1) is 18.9. The number of thioether (sulfide) groups is 1. The minimum atomic E-state index is -0.970. The second-order valence-corrected chi connectivity index (χ2v) is 8.20. The van der Waals surface area contributed by atoms with E-state index in [1.54, 1.807) is 0 Å². The van der Waals surface area contributed by atoms with Gasteiger partial charge in [0.2, 0.25) is 5.91 Å². The first-order valence-electron chi connectivity index (χ1n) is 8.55. The number of fused-ring (bicyclic) bond motifs is 1. The SMILES string of the molecule is CC(C)CN(CC(=O)O)C(=O)CCCC[C@@H]1SC[C@@H]2NC(=O)N[C@@H]21. The zero-order chi connectivity index (χ0) is 17.7. The third kappa shape index (κ3) is 5.29. The summed E-state index contributed by atoms with van der Waals surface area (Å²) in [6, 6.07) is 0.345. The molecule has 3 atom stereocenters. The Labute approximate surface area is 146 Å². The molecule has 8 heteroatoms. The Bertz CT molecular complexity index is 486. The fourth-order valence-corrected chi connectivity index (χ4v) is 4.83. The molecule has 0 radical (unpaired) electrons. The number of nitrogens with one attached hydrogen (secondary N) is 2. The summed E-state index contributed by atoms with van der Waals surface area (Å²) in [5.41, 5.74) is 0. The maximum absolute atomic E-state index is 12.2. The van der Waals surface area contributed by atoms with E-state index >= 15 is 0 Å². The highest BCUT2D eigenvalue weighted by Crippen LogP contribution is 2.33. The molecule has 0 aromatic rings. The maximum atomic E-state index is 12.2. The molecule has 2 heterocycles. The second kappa shape index (κ2) is 8.60. The van der Waals surface area contributed by atoms with Gasteiger partial charge in [-0.1, -0.05) is 20.3 Å². The predicted octanol–water partition coefficient (Wildman–Crippen LogP) is 1.28. The molecule has 2 aliphatic rings. The molecule has 0 aliphatic carbocycles. The quantitative estimate of drug-likeness (QED) is 0.426. The highest BCUT2D eigenvalue weighted by Gasteiger charge is 2.42. The van der Waals surface area contributed by atoms with Gasteiger partial charge in [-0.05, 0) is 18.8 Å². The number of rotatable bonds is 9. The van der Waals surface area contributed by atoms with Crippen LogP contribution in [0.1, 0.15) is 39.5 Å². The number of urea groups is 1. The van der Waals surface area contributed by atoms with Gasteiger partial charge in [0.25, 0.3) is 0 Å². The standard InChI is InChI=1S/C16H27N3O4S/c1-10(2)7-19(8-14(21)22)13(20)6-4-3-5-12-15-11(9-24-12)17-16(23)18-15/h10-12,15H,3-9H2,1-2H3,(H,21,22)(H2,17,18,23)/t11-,12-,15-/m0/s1. The number of amides is 3. The summed E-state index contributed by atoms with van der Waals surface area (Å²) >= 11 is 1.87. The summed E-state index contributed by atoms with van der Waals surface area (Å²) in [6.07, 6.45) is 3.01. The summed E-state index contributed by atoms with van der Waals surface area (Å²) in [6.45, 7) is 4.20. The Morgan fingerprint density at radius 2 is 2.08 bits per heavy atom. The lowest BCUT2D eigenvalue weighted by Gasteiger charge is -2.23.